The summed E-state index contributed by atoms with van der Waals surface area (Å²) in [6, 6.07) is 8.41. The molecule has 1 aliphatic carbocycles. The molecule has 1 fully saturated rings. The molecule has 1 N–H and O–H groups in total. The highest BCUT2D eigenvalue weighted by molar-refractivity contribution is 6.22. The predicted octanol–water partition coefficient (Wildman–Crippen LogP) is 4.04. The van der Waals surface area contributed by atoms with E-state index in [-0.39, 0.29) is 10.8 Å². The van der Waals surface area contributed by atoms with Crippen LogP contribution in [0.3, 0.4) is 0 Å². The number of benzene rings is 1. The maximum absolute atomic E-state index is 10.7. The minimum absolute atomic E-state index is 0.236. The third-order valence-electron chi connectivity index (χ3n) is 4.31. The van der Waals surface area contributed by atoms with Crippen molar-refractivity contribution in [3.05, 3.63) is 35.4 Å². The van der Waals surface area contributed by atoms with Gasteiger partial charge in [-0.15, -0.1) is 11.6 Å². The summed E-state index contributed by atoms with van der Waals surface area (Å²) in [7, 11) is 0. The quantitative estimate of drug-likeness (QED) is 0.816. The van der Waals surface area contributed by atoms with Crippen LogP contribution in [0.4, 0.5) is 0 Å². The molecule has 2 unspecified atom stereocenters. The summed E-state index contributed by atoms with van der Waals surface area (Å²) in [5, 5.41) is 10.4. The van der Waals surface area contributed by atoms with E-state index < -0.39 is 5.60 Å². The second kappa shape index (κ2) is 4.54. The van der Waals surface area contributed by atoms with E-state index in [0.29, 0.717) is 5.92 Å². The van der Waals surface area contributed by atoms with Crippen molar-refractivity contribution in [1.82, 2.24) is 0 Å². The summed E-state index contributed by atoms with van der Waals surface area (Å²) in [6.07, 6.45) is 2.19. The molecule has 0 radical (unpaired) electrons. The first-order valence-electron chi connectivity index (χ1n) is 6.70. The lowest BCUT2D eigenvalue weighted by Crippen LogP contribution is -2.48. The zero-order chi connectivity index (χ0) is 13.6. The molecule has 1 nitrogen and oxygen atoms in total. The monoisotopic (exact) mass is 266 g/mol. The molecule has 1 aliphatic rings. The van der Waals surface area contributed by atoms with E-state index in [0.717, 1.165) is 12.8 Å². The smallest absolute Gasteiger partial charge is 0.0819 e. The van der Waals surface area contributed by atoms with E-state index in [1.54, 1.807) is 0 Å². The molecule has 0 spiro atoms. The first-order chi connectivity index (χ1) is 8.26. The Hall–Kier alpha value is -0.530. The lowest BCUT2D eigenvalue weighted by atomic mass is 9.73. The average molecular weight is 267 g/mol. The fourth-order valence-corrected chi connectivity index (χ4v) is 3.10. The van der Waals surface area contributed by atoms with Crippen molar-refractivity contribution in [3.63, 3.8) is 0 Å². The molecule has 0 aliphatic heterocycles. The van der Waals surface area contributed by atoms with Gasteiger partial charge in [0.2, 0.25) is 0 Å². The summed E-state index contributed by atoms with van der Waals surface area (Å²) in [5.41, 5.74) is 1.41. The molecule has 0 amide bonds. The summed E-state index contributed by atoms with van der Waals surface area (Å²) in [4.78, 5) is 0. The van der Waals surface area contributed by atoms with Crippen LogP contribution in [-0.2, 0) is 5.41 Å². The van der Waals surface area contributed by atoms with E-state index in [2.05, 4.69) is 45.0 Å². The summed E-state index contributed by atoms with van der Waals surface area (Å²) in [5.74, 6) is 0.365. The van der Waals surface area contributed by atoms with Crippen LogP contribution in [0, 0.1) is 12.8 Å². The molecular formula is C16H23ClO. The van der Waals surface area contributed by atoms with E-state index in [4.69, 9.17) is 11.6 Å². The minimum Gasteiger partial charge on any atom is -0.388 e. The van der Waals surface area contributed by atoms with E-state index in [1.807, 2.05) is 6.92 Å². The van der Waals surface area contributed by atoms with Crippen LogP contribution >= 0.6 is 11.6 Å². The topological polar surface area (TPSA) is 20.2 Å². The molecular weight excluding hydrogens is 244 g/mol. The van der Waals surface area contributed by atoms with Gasteiger partial charge in [0.1, 0.15) is 0 Å². The molecule has 2 rings (SSSR count). The Morgan fingerprint density at radius 2 is 1.89 bits per heavy atom. The molecule has 1 saturated carbocycles. The van der Waals surface area contributed by atoms with Gasteiger partial charge in [-0.25, -0.2) is 0 Å². The Kier molecular flexibility index (Phi) is 3.50. The number of hydrogen-bond acceptors (Lipinski definition) is 1. The minimum atomic E-state index is -0.783. The van der Waals surface area contributed by atoms with Gasteiger partial charge in [0, 0.05) is 5.41 Å². The fourth-order valence-electron chi connectivity index (χ4n) is 2.80. The average Bonchev–Trinajstić information content (AvgIpc) is 3.12. The second-order valence-electron chi connectivity index (χ2n) is 6.45. The van der Waals surface area contributed by atoms with Crippen LogP contribution in [0.5, 0.6) is 0 Å². The normalized spacial score (nSPS) is 21.4. The van der Waals surface area contributed by atoms with Crippen molar-refractivity contribution in [2.45, 2.75) is 56.9 Å². The van der Waals surface area contributed by atoms with Gasteiger partial charge in [-0.3, -0.25) is 0 Å². The Labute approximate surface area is 115 Å². The zero-order valence-corrected chi connectivity index (χ0v) is 12.5. The van der Waals surface area contributed by atoms with Gasteiger partial charge in [0.15, 0.2) is 0 Å². The van der Waals surface area contributed by atoms with Gasteiger partial charge < -0.3 is 5.11 Å². The molecule has 0 aromatic heterocycles. The van der Waals surface area contributed by atoms with Gasteiger partial charge in [-0.05, 0) is 38.2 Å². The van der Waals surface area contributed by atoms with Crippen molar-refractivity contribution in [3.8, 4) is 0 Å². The number of hydrogen-bond donors (Lipinski definition) is 1. The zero-order valence-electron chi connectivity index (χ0n) is 11.7. The van der Waals surface area contributed by atoms with Gasteiger partial charge in [-0.1, -0.05) is 43.7 Å². The first kappa shape index (κ1) is 13.9. The Morgan fingerprint density at radius 3 is 2.39 bits per heavy atom. The number of alkyl halides is 1. The van der Waals surface area contributed by atoms with E-state index in [1.165, 1.54) is 11.1 Å². The largest absolute Gasteiger partial charge is 0.388 e. The van der Waals surface area contributed by atoms with Crippen molar-refractivity contribution < 1.29 is 5.11 Å². The highest BCUT2D eigenvalue weighted by Gasteiger charge is 2.50. The fraction of sp³-hybridized carbons (Fsp3) is 0.625. The molecule has 0 saturated heterocycles. The van der Waals surface area contributed by atoms with E-state index in [9.17, 15) is 5.11 Å². The van der Waals surface area contributed by atoms with Gasteiger partial charge in [-0.2, -0.15) is 0 Å². The summed E-state index contributed by atoms with van der Waals surface area (Å²) < 4.78 is 0. The third kappa shape index (κ3) is 2.44. The number of aryl methyl sites for hydroxylation is 1. The molecule has 18 heavy (non-hydrogen) atoms. The molecule has 1 aromatic rings. The van der Waals surface area contributed by atoms with E-state index >= 15 is 0 Å². The lowest BCUT2D eigenvalue weighted by Gasteiger charge is -2.40. The second-order valence-corrected chi connectivity index (χ2v) is 6.89. The standard InChI is InChI=1S/C16H23ClO/c1-11-6-5-7-13(10-11)15(2,3)14(17)16(4,18)12-8-9-12/h5-7,10,12,14,18H,8-9H2,1-4H3. The molecule has 1 aromatic carbocycles. The van der Waals surface area contributed by atoms with Crippen LogP contribution in [0.15, 0.2) is 24.3 Å². The van der Waals surface area contributed by atoms with Gasteiger partial charge in [0.05, 0.1) is 11.0 Å². The third-order valence-corrected chi connectivity index (χ3v) is 5.30. The first-order valence-corrected chi connectivity index (χ1v) is 7.13. The van der Waals surface area contributed by atoms with Crippen LogP contribution < -0.4 is 0 Å². The summed E-state index contributed by atoms with van der Waals surface area (Å²) >= 11 is 6.64. The van der Waals surface area contributed by atoms with Crippen LogP contribution in [0.1, 0.15) is 44.7 Å². The highest BCUT2D eigenvalue weighted by atomic mass is 35.5. The van der Waals surface area contributed by atoms with Crippen molar-refractivity contribution >= 4 is 11.6 Å². The van der Waals surface area contributed by atoms with Gasteiger partial charge in [0.25, 0.3) is 0 Å². The Bertz CT molecular complexity index is 432. The maximum atomic E-state index is 10.7. The molecule has 100 valence electrons. The summed E-state index contributed by atoms with van der Waals surface area (Å²) in [6.45, 7) is 8.22. The number of aliphatic hydroxyl groups is 1. The molecule has 0 heterocycles. The molecule has 2 atom stereocenters. The Morgan fingerprint density at radius 1 is 1.28 bits per heavy atom. The van der Waals surface area contributed by atoms with Crippen LogP contribution in [-0.4, -0.2) is 16.1 Å². The van der Waals surface area contributed by atoms with Crippen molar-refractivity contribution in [2.75, 3.05) is 0 Å². The van der Waals surface area contributed by atoms with Crippen LogP contribution in [0.2, 0.25) is 0 Å². The van der Waals surface area contributed by atoms with Crippen molar-refractivity contribution in [2.24, 2.45) is 5.92 Å². The van der Waals surface area contributed by atoms with Crippen LogP contribution in [0.25, 0.3) is 0 Å². The van der Waals surface area contributed by atoms with Crippen molar-refractivity contribution in [1.29, 1.82) is 0 Å². The number of halogens is 1. The lowest BCUT2D eigenvalue weighted by molar-refractivity contribution is 0.0146. The molecule has 2 heteroatoms. The highest BCUT2D eigenvalue weighted by Crippen LogP contribution is 2.48. The predicted molar refractivity (Wildman–Crippen MR) is 77.2 cm³/mol. The van der Waals surface area contributed by atoms with Gasteiger partial charge >= 0.3 is 0 Å². The SMILES string of the molecule is Cc1cccc(C(C)(C)C(Cl)C(C)(O)C2CC2)c1. The molecule has 0 bridgehead atoms. The maximum Gasteiger partial charge on any atom is 0.0819 e. The number of rotatable bonds is 4. The Balaban J connectivity index is 2.29.